The molecule has 0 unspecified atom stereocenters. The Kier molecular flexibility index (Phi) is 2.49. The average Bonchev–Trinajstić information content (AvgIpc) is 2.98. The molecule has 0 radical (unpaired) electrons. The molecule has 5 nitrogen and oxygen atoms in total. The molecule has 1 aliphatic carbocycles. The molecule has 1 aliphatic rings. The van der Waals surface area contributed by atoms with Gasteiger partial charge in [-0.25, -0.2) is 0 Å². The Morgan fingerprint density at radius 2 is 2.05 bits per heavy atom. The van der Waals surface area contributed by atoms with Crippen molar-refractivity contribution in [3.63, 3.8) is 0 Å². The van der Waals surface area contributed by atoms with Crippen molar-refractivity contribution in [3.8, 4) is 11.3 Å². The third-order valence-corrected chi connectivity index (χ3v) is 6.36. The third kappa shape index (κ3) is 1.57. The first-order valence-corrected chi connectivity index (χ1v) is 9.69. The second kappa shape index (κ2) is 4.04. The van der Waals surface area contributed by atoms with Crippen molar-refractivity contribution in [2.75, 3.05) is 6.26 Å². The van der Waals surface area contributed by atoms with Gasteiger partial charge >= 0.3 is 122 Å². The summed E-state index contributed by atoms with van der Waals surface area (Å²) in [5.41, 5.74) is 3.47. The van der Waals surface area contributed by atoms with E-state index in [1.165, 1.54) is 14.7 Å². The maximum absolute atomic E-state index is 12.2. The fourth-order valence-corrected chi connectivity index (χ4v) is 5.38. The van der Waals surface area contributed by atoms with Gasteiger partial charge in [-0.2, -0.15) is 0 Å². The summed E-state index contributed by atoms with van der Waals surface area (Å²) in [7, 11) is -3.33. The van der Waals surface area contributed by atoms with Gasteiger partial charge in [-0.1, -0.05) is 0 Å². The topological polar surface area (TPSA) is 64.8 Å². The molecular formula is C13H11N3O2SSe. The van der Waals surface area contributed by atoms with Crippen LogP contribution in [0.5, 0.6) is 0 Å². The molecule has 0 bridgehead atoms. The molecule has 0 atom stereocenters. The van der Waals surface area contributed by atoms with Gasteiger partial charge < -0.3 is 0 Å². The Labute approximate surface area is 122 Å². The van der Waals surface area contributed by atoms with Crippen LogP contribution in [0, 0.1) is 0 Å². The van der Waals surface area contributed by atoms with E-state index in [9.17, 15) is 8.42 Å². The quantitative estimate of drug-likeness (QED) is 0.615. The number of hydrogen-bond donors (Lipinski definition) is 0. The second-order valence-corrected chi connectivity index (χ2v) is 8.50. The summed E-state index contributed by atoms with van der Waals surface area (Å²) in [5.74, 6) is 0. The van der Waals surface area contributed by atoms with Gasteiger partial charge in [0.05, 0.1) is 0 Å². The average molecular weight is 352 g/mol. The van der Waals surface area contributed by atoms with Crippen LogP contribution in [0.1, 0.15) is 10.1 Å². The maximum atomic E-state index is 12.2. The van der Waals surface area contributed by atoms with E-state index in [1.807, 2.05) is 24.3 Å². The van der Waals surface area contributed by atoms with Crippen LogP contribution in [-0.2, 0) is 22.9 Å². The van der Waals surface area contributed by atoms with Crippen LogP contribution >= 0.6 is 0 Å². The van der Waals surface area contributed by atoms with E-state index in [-0.39, 0.29) is 14.7 Å². The van der Waals surface area contributed by atoms with Gasteiger partial charge in [0.15, 0.2) is 0 Å². The van der Waals surface area contributed by atoms with Crippen LogP contribution in [-0.4, -0.2) is 42.6 Å². The van der Waals surface area contributed by atoms with Crippen LogP contribution in [0.4, 0.5) is 0 Å². The molecule has 7 heteroatoms. The Balaban J connectivity index is 2.24. The van der Waals surface area contributed by atoms with Gasteiger partial charge in [-0.05, 0) is 0 Å². The third-order valence-electron chi connectivity index (χ3n) is 3.64. The molecule has 0 spiro atoms. The summed E-state index contributed by atoms with van der Waals surface area (Å²) in [6.45, 7) is 0. The van der Waals surface area contributed by atoms with E-state index in [1.54, 1.807) is 0 Å². The van der Waals surface area contributed by atoms with Crippen molar-refractivity contribution in [2.45, 2.75) is 12.8 Å². The first kappa shape index (κ1) is 12.3. The second-order valence-electron chi connectivity index (χ2n) is 4.91. The minimum atomic E-state index is -3.33. The Bertz CT molecular complexity index is 940. The molecule has 0 amide bonds. The molecule has 4 rings (SSSR count). The number of aryl methyl sites for hydroxylation is 1. The van der Waals surface area contributed by atoms with Crippen molar-refractivity contribution in [1.82, 2.24) is 13.2 Å². The number of benzene rings is 1. The number of fused-ring (bicyclic) bond motifs is 5. The van der Waals surface area contributed by atoms with Gasteiger partial charge in [0.25, 0.3) is 0 Å². The molecule has 0 aliphatic heterocycles. The van der Waals surface area contributed by atoms with Gasteiger partial charge in [0.1, 0.15) is 0 Å². The van der Waals surface area contributed by atoms with Crippen LogP contribution in [0.15, 0.2) is 24.3 Å². The summed E-state index contributed by atoms with van der Waals surface area (Å²) in [6, 6.07) is 7.62. The Hall–Kier alpha value is -1.43. The zero-order chi connectivity index (χ0) is 13.9. The van der Waals surface area contributed by atoms with Gasteiger partial charge in [0.2, 0.25) is 0 Å². The van der Waals surface area contributed by atoms with Crippen LogP contribution in [0.2, 0.25) is 0 Å². The molecular weight excluding hydrogens is 341 g/mol. The Morgan fingerprint density at radius 1 is 1.25 bits per heavy atom. The first-order chi connectivity index (χ1) is 9.57. The molecule has 102 valence electrons. The standard InChI is InChI=1S/C13H11N3O2SSe/c1-19(17,18)16-9-5-3-2-4-8(9)12-10(16)6-7-11-13(12)14-15-20-11/h2-5H,6-7H2,1H3. The van der Waals surface area contributed by atoms with E-state index >= 15 is 0 Å². The van der Waals surface area contributed by atoms with E-state index in [4.69, 9.17) is 0 Å². The Morgan fingerprint density at radius 3 is 2.85 bits per heavy atom. The molecule has 0 N–H and O–H groups in total. The predicted molar refractivity (Wildman–Crippen MR) is 77.6 cm³/mol. The zero-order valence-electron chi connectivity index (χ0n) is 10.7. The minimum absolute atomic E-state index is 0.0846. The summed E-state index contributed by atoms with van der Waals surface area (Å²) in [5, 5.41) is 5.22. The molecule has 0 saturated carbocycles. The number of rotatable bonds is 1. The zero-order valence-corrected chi connectivity index (χ0v) is 13.2. The van der Waals surface area contributed by atoms with E-state index in [0.717, 1.165) is 40.7 Å². The van der Waals surface area contributed by atoms with Gasteiger partial charge in [-0.15, -0.1) is 0 Å². The summed E-state index contributed by atoms with van der Waals surface area (Å²) in [6.07, 6.45) is 2.85. The van der Waals surface area contributed by atoms with Crippen LogP contribution in [0.25, 0.3) is 22.2 Å². The van der Waals surface area contributed by atoms with Crippen molar-refractivity contribution >= 4 is 35.7 Å². The van der Waals surface area contributed by atoms with Crippen molar-refractivity contribution < 1.29 is 8.42 Å². The summed E-state index contributed by atoms with van der Waals surface area (Å²) < 4.78 is 31.3. The normalized spacial score (nSPS) is 14.2. The van der Waals surface area contributed by atoms with E-state index < -0.39 is 10.0 Å². The van der Waals surface area contributed by atoms with Crippen molar-refractivity contribution in [3.05, 3.63) is 34.4 Å². The van der Waals surface area contributed by atoms with Gasteiger partial charge in [0, 0.05) is 0 Å². The number of hydrogen-bond acceptors (Lipinski definition) is 4. The van der Waals surface area contributed by atoms with Crippen molar-refractivity contribution in [2.24, 2.45) is 0 Å². The van der Waals surface area contributed by atoms with E-state index in [2.05, 4.69) is 9.19 Å². The molecule has 20 heavy (non-hydrogen) atoms. The first-order valence-electron chi connectivity index (χ1n) is 6.22. The number of nitrogens with zero attached hydrogens (tertiary/aromatic N) is 3. The molecule has 1 aromatic carbocycles. The molecule has 0 fully saturated rings. The van der Waals surface area contributed by atoms with Gasteiger partial charge in [-0.3, -0.25) is 0 Å². The monoisotopic (exact) mass is 353 g/mol. The summed E-state index contributed by atoms with van der Waals surface area (Å²) >= 11 is 0.0846. The van der Waals surface area contributed by atoms with Crippen LogP contribution < -0.4 is 0 Å². The molecule has 2 heterocycles. The predicted octanol–water partition coefficient (Wildman–Crippen LogP) is 1.06. The fourth-order valence-electron chi connectivity index (χ4n) is 2.93. The number of aromatic nitrogens is 3. The molecule has 3 aromatic rings. The van der Waals surface area contributed by atoms with Crippen LogP contribution in [0.3, 0.4) is 0 Å². The number of para-hydroxylation sites is 1. The van der Waals surface area contributed by atoms with E-state index in [0.29, 0.717) is 0 Å². The molecule has 2 aromatic heterocycles. The van der Waals surface area contributed by atoms with Crippen molar-refractivity contribution in [1.29, 1.82) is 0 Å². The SMILES string of the molecule is CS(=O)(=O)n1c2c(c3ccccc31)-c1nn[se]c1CC2. The summed E-state index contributed by atoms with van der Waals surface area (Å²) in [4.78, 5) is 0. The fraction of sp³-hybridized carbons (Fsp3) is 0.231. The molecule has 0 saturated heterocycles.